The molecule has 0 bridgehead atoms. The van der Waals surface area contributed by atoms with Crippen LogP contribution >= 0.6 is 11.6 Å². The Kier molecular flexibility index (Phi) is 10.9. The van der Waals surface area contributed by atoms with Gasteiger partial charge in [-0.2, -0.15) is 8.78 Å². The van der Waals surface area contributed by atoms with E-state index < -0.39 is 34.4 Å². The maximum atomic E-state index is 15.3. The van der Waals surface area contributed by atoms with Gasteiger partial charge >= 0.3 is 6.11 Å². The molecule has 0 amide bonds. The van der Waals surface area contributed by atoms with Crippen LogP contribution in [0.15, 0.2) is 30.3 Å². The monoisotopic (exact) mass is 628 g/mol. The first-order valence-corrected chi connectivity index (χ1v) is 16.3. The number of unbranched alkanes of at least 4 members (excludes halogenated alkanes) is 2. The van der Waals surface area contributed by atoms with Gasteiger partial charge in [-0.05, 0) is 86.8 Å². The van der Waals surface area contributed by atoms with Crippen molar-refractivity contribution in [1.29, 1.82) is 0 Å². The summed E-state index contributed by atoms with van der Waals surface area (Å²) in [6.45, 7) is 3.76. The Balaban J connectivity index is 1.09. The van der Waals surface area contributed by atoms with Gasteiger partial charge in [0.25, 0.3) is 0 Å². The molecule has 0 unspecified atom stereocenters. The van der Waals surface area contributed by atoms with Crippen LogP contribution in [-0.4, -0.2) is 25.6 Å². The largest absolute Gasteiger partial charge is 0.432 e. The van der Waals surface area contributed by atoms with E-state index in [0.717, 1.165) is 50.9 Å². The van der Waals surface area contributed by atoms with E-state index in [4.69, 9.17) is 25.8 Å². The molecule has 0 spiro atoms. The van der Waals surface area contributed by atoms with Crippen molar-refractivity contribution in [3.63, 3.8) is 0 Å². The zero-order chi connectivity index (χ0) is 30.6. The summed E-state index contributed by atoms with van der Waals surface area (Å²) in [6.07, 6.45) is 5.91. The molecule has 3 aliphatic rings. The van der Waals surface area contributed by atoms with Crippen LogP contribution in [0.2, 0.25) is 5.02 Å². The van der Waals surface area contributed by atoms with Crippen molar-refractivity contribution < 1.29 is 36.2 Å². The topological polar surface area (TPSA) is 27.7 Å². The summed E-state index contributed by atoms with van der Waals surface area (Å²) in [7, 11) is 0. The van der Waals surface area contributed by atoms with Crippen molar-refractivity contribution in [2.45, 2.75) is 108 Å². The predicted molar refractivity (Wildman–Crippen MR) is 156 cm³/mol. The lowest BCUT2D eigenvalue weighted by Crippen LogP contribution is -2.38. The maximum absolute atomic E-state index is 15.3. The van der Waals surface area contributed by atoms with Crippen LogP contribution in [0.1, 0.15) is 107 Å². The third-order valence-corrected chi connectivity index (χ3v) is 10.1. The summed E-state index contributed by atoms with van der Waals surface area (Å²) in [5.41, 5.74) is 1.54. The SMILES string of the molecule is CCCCCC1COC(C2CCC(c3ccc(C4CCC(C(F)(F)Oc5cc(F)c(Cl)c(F)c5)CC4)c(F)c3)CC2)OC1. The average molecular weight is 629 g/mol. The number of alkyl halides is 2. The van der Waals surface area contributed by atoms with Crippen molar-refractivity contribution in [2.75, 3.05) is 13.2 Å². The van der Waals surface area contributed by atoms with E-state index in [9.17, 15) is 17.6 Å². The lowest BCUT2D eigenvalue weighted by Gasteiger charge is -2.38. The molecule has 2 aromatic carbocycles. The molecule has 1 aliphatic heterocycles. The van der Waals surface area contributed by atoms with E-state index in [1.165, 1.54) is 19.3 Å². The summed E-state index contributed by atoms with van der Waals surface area (Å²) >= 11 is 5.43. The summed E-state index contributed by atoms with van der Waals surface area (Å²) in [6, 6.07) is 6.74. The summed E-state index contributed by atoms with van der Waals surface area (Å²) in [5, 5.41) is -0.772. The zero-order valence-corrected chi connectivity index (χ0v) is 25.5. The first-order valence-electron chi connectivity index (χ1n) is 15.9. The van der Waals surface area contributed by atoms with Gasteiger partial charge in [-0.15, -0.1) is 0 Å². The second-order valence-corrected chi connectivity index (χ2v) is 13.1. The van der Waals surface area contributed by atoms with E-state index in [1.807, 2.05) is 12.1 Å². The van der Waals surface area contributed by atoms with Gasteiger partial charge < -0.3 is 14.2 Å². The van der Waals surface area contributed by atoms with Crippen molar-refractivity contribution in [3.8, 4) is 5.75 Å². The van der Waals surface area contributed by atoms with Gasteiger partial charge in [-0.3, -0.25) is 0 Å². The minimum atomic E-state index is -3.62. The van der Waals surface area contributed by atoms with Crippen molar-refractivity contribution in [2.24, 2.45) is 17.8 Å². The second kappa shape index (κ2) is 14.5. The number of ether oxygens (including phenoxy) is 3. The van der Waals surface area contributed by atoms with E-state index in [1.54, 1.807) is 6.07 Å². The summed E-state index contributed by atoms with van der Waals surface area (Å²) in [5.74, 6) is -3.42. The van der Waals surface area contributed by atoms with E-state index in [0.29, 0.717) is 42.4 Å². The number of halogens is 6. The Bertz CT molecular complexity index is 1180. The molecular formula is C34H42ClF5O3. The molecule has 1 heterocycles. The number of hydrogen-bond donors (Lipinski definition) is 0. The highest BCUT2D eigenvalue weighted by molar-refractivity contribution is 6.30. The van der Waals surface area contributed by atoms with E-state index in [2.05, 4.69) is 6.92 Å². The highest BCUT2D eigenvalue weighted by atomic mass is 35.5. The van der Waals surface area contributed by atoms with Gasteiger partial charge in [0.15, 0.2) is 6.29 Å². The standard InChI is InChI=1S/C34H42ClF5O3/c1-2-3-4-5-21-19-41-33(42-20-21)24-8-6-22(7-9-24)25-12-15-28(29(36)16-25)23-10-13-26(14-11-23)34(39,40)43-27-17-30(37)32(35)31(38)18-27/h12,15-18,21-24,26,33H,2-11,13-14,19-20H2,1H3. The van der Waals surface area contributed by atoms with Crippen LogP contribution in [0.25, 0.3) is 0 Å². The molecule has 3 fully saturated rings. The zero-order valence-electron chi connectivity index (χ0n) is 24.7. The van der Waals surface area contributed by atoms with Gasteiger partial charge in [0, 0.05) is 24.0 Å². The summed E-state index contributed by atoms with van der Waals surface area (Å²) < 4.78 is 89.3. The fraction of sp³-hybridized carbons (Fsp3) is 0.647. The van der Waals surface area contributed by atoms with Crippen molar-refractivity contribution in [3.05, 3.63) is 63.9 Å². The smallest absolute Gasteiger partial charge is 0.400 e. The number of benzene rings is 2. The molecule has 0 radical (unpaired) electrons. The molecule has 2 saturated carbocycles. The molecule has 5 rings (SSSR count). The minimum Gasteiger partial charge on any atom is -0.432 e. The maximum Gasteiger partial charge on any atom is 0.400 e. The normalized spacial score (nSPS) is 28.5. The Morgan fingerprint density at radius 2 is 1.44 bits per heavy atom. The average Bonchev–Trinajstić information content (AvgIpc) is 3.00. The van der Waals surface area contributed by atoms with Crippen LogP contribution in [0.5, 0.6) is 5.75 Å². The van der Waals surface area contributed by atoms with Crippen LogP contribution < -0.4 is 4.74 Å². The first kappa shape index (κ1) is 32.5. The molecule has 238 valence electrons. The highest BCUT2D eigenvalue weighted by Crippen LogP contribution is 2.45. The Hall–Kier alpha value is -1.90. The fourth-order valence-electron chi connectivity index (χ4n) is 7.11. The molecule has 3 nitrogen and oxygen atoms in total. The quantitative estimate of drug-likeness (QED) is 0.149. The number of rotatable bonds is 10. The molecular weight excluding hydrogens is 587 g/mol. The van der Waals surface area contributed by atoms with Crippen LogP contribution in [0.4, 0.5) is 22.0 Å². The highest BCUT2D eigenvalue weighted by Gasteiger charge is 2.44. The van der Waals surface area contributed by atoms with Gasteiger partial charge in [0.05, 0.1) is 19.1 Å². The Labute approximate surface area is 256 Å². The van der Waals surface area contributed by atoms with E-state index >= 15 is 4.39 Å². The van der Waals surface area contributed by atoms with Crippen LogP contribution in [0, 0.1) is 35.2 Å². The van der Waals surface area contributed by atoms with E-state index in [-0.39, 0.29) is 36.8 Å². The van der Waals surface area contributed by atoms with Crippen LogP contribution in [0.3, 0.4) is 0 Å². The second-order valence-electron chi connectivity index (χ2n) is 12.7. The lowest BCUT2D eigenvalue weighted by molar-refractivity contribution is -0.229. The molecule has 1 saturated heterocycles. The third kappa shape index (κ3) is 8.04. The third-order valence-electron chi connectivity index (χ3n) is 9.71. The molecule has 2 aromatic rings. The van der Waals surface area contributed by atoms with Crippen molar-refractivity contribution in [1.82, 2.24) is 0 Å². The van der Waals surface area contributed by atoms with Gasteiger partial charge in [0.2, 0.25) is 0 Å². The van der Waals surface area contributed by atoms with Gasteiger partial charge in [0.1, 0.15) is 28.2 Å². The van der Waals surface area contributed by atoms with Gasteiger partial charge in [-0.25, -0.2) is 13.2 Å². The van der Waals surface area contributed by atoms with Crippen molar-refractivity contribution >= 4 is 11.6 Å². The Morgan fingerprint density at radius 3 is 2.05 bits per heavy atom. The minimum absolute atomic E-state index is 0.103. The molecule has 0 atom stereocenters. The molecule has 43 heavy (non-hydrogen) atoms. The molecule has 0 aromatic heterocycles. The fourth-order valence-corrected chi connectivity index (χ4v) is 7.21. The number of hydrogen-bond acceptors (Lipinski definition) is 3. The predicted octanol–water partition coefficient (Wildman–Crippen LogP) is 10.5. The first-order chi connectivity index (χ1) is 20.6. The molecule has 9 heteroatoms. The molecule has 2 aliphatic carbocycles. The Morgan fingerprint density at radius 1 is 0.814 bits per heavy atom. The summed E-state index contributed by atoms with van der Waals surface area (Å²) in [4.78, 5) is 0. The molecule has 0 N–H and O–H groups in total. The van der Waals surface area contributed by atoms with Gasteiger partial charge in [-0.1, -0.05) is 49.9 Å². The lowest BCUT2D eigenvalue weighted by atomic mass is 9.76. The van der Waals surface area contributed by atoms with Crippen LogP contribution in [-0.2, 0) is 9.47 Å².